The molecule has 0 fully saturated rings. The van der Waals surface area contributed by atoms with Gasteiger partial charge in [0, 0.05) is 5.69 Å². The van der Waals surface area contributed by atoms with Crippen molar-refractivity contribution in [2.45, 2.75) is 4.90 Å². The zero-order valence-corrected chi connectivity index (χ0v) is 16.5. The second-order valence-corrected chi connectivity index (χ2v) is 7.40. The van der Waals surface area contributed by atoms with Crippen molar-refractivity contribution >= 4 is 39.3 Å². The van der Waals surface area contributed by atoms with Crippen LogP contribution in [-0.2, 0) is 14.8 Å². The molecule has 0 atom stereocenters. The van der Waals surface area contributed by atoms with Gasteiger partial charge in [-0.2, -0.15) is 5.26 Å². The van der Waals surface area contributed by atoms with Crippen LogP contribution in [-0.4, -0.2) is 28.5 Å². The van der Waals surface area contributed by atoms with Gasteiger partial charge in [0.05, 0.1) is 24.1 Å². The number of halogens is 1. The number of rotatable bonds is 6. The fourth-order valence-corrected chi connectivity index (χ4v) is 3.07. The molecular formula is C18H16ClN3O5S. The molecule has 0 unspecified atom stereocenters. The summed E-state index contributed by atoms with van der Waals surface area (Å²) in [5.41, 5.74) is 0.557. The molecule has 0 bridgehead atoms. The molecule has 2 rings (SSSR count). The molecule has 2 aromatic carbocycles. The number of ether oxygens (including phenoxy) is 2. The predicted molar refractivity (Wildman–Crippen MR) is 105 cm³/mol. The van der Waals surface area contributed by atoms with Crippen LogP contribution >= 0.6 is 11.6 Å². The fraction of sp³-hybridized carbons (Fsp3) is 0.111. The molecule has 0 aliphatic rings. The number of sulfonamides is 1. The summed E-state index contributed by atoms with van der Waals surface area (Å²) in [6.45, 7) is 0. The molecular weight excluding hydrogens is 406 g/mol. The van der Waals surface area contributed by atoms with E-state index in [1.165, 1.54) is 50.6 Å². The van der Waals surface area contributed by atoms with Gasteiger partial charge in [-0.25, -0.2) is 13.6 Å². The third-order valence-electron chi connectivity index (χ3n) is 3.57. The average molecular weight is 422 g/mol. The van der Waals surface area contributed by atoms with Crippen LogP contribution in [0.2, 0.25) is 5.02 Å². The first-order valence-electron chi connectivity index (χ1n) is 7.67. The first-order chi connectivity index (χ1) is 13.2. The van der Waals surface area contributed by atoms with Crippen LogP contribution in [0.5, 0.6) is 11.5 Å². The number of carbonyl (C=O) groups excluding carboxylic acids is 1. The minimum atomic E-state index is -3.84. The van der Waals surface area contributed by atoms with E-state index in [2.05, 4.69) is 5.32 Å². The lowest BCUT2D eigenvalue weighted by Crippen LogP contribution is -2.14. The number of nitrogens with two attached hydrogens (primary N) is 1. The number of nitriles is 1. The lowest BCUT2D eigenvalue weighted by molar-refractivity contribution is -0.112. The van der Waals surface area contributed by atoms with E-state index in [4.69, 9.17) is 26.2 Å². The maximum Gasteiger partial charge on any atom is 0.266 e. The Kier molecular flexibility index (Phi) is 6.64. The third-order valence-corrected chi connectivity index (χ3v) is 4.78. The molecule has 0 aromatic heterocycles. The Hall–Kier alpha value is -3.06. The van der Waals surface area contributed by atoms with E-state index >= 15 is 0 Å². The number of hydrogen-bond acceptors (Lipinski definition) is 6. The van der Waals surface area contributed by atoms with Crippen molar-refractivity contribution in [1.82, 2.24) is 0 Å². The first kappa shape index (κ1) is 21.2. The van der Waals surface area contributed by atoms with E-state index in [1.807, 2.05) is 6.07 Å². The van der Waals surface area contributed by atoms with Crippen molar-refractivity contribution in [1.29, 1.82) is 5.26 Å². The molecule has 1 amide bonds. The Bertz CT molecular complexity index is 1070. The van der Waals surface area contributed by atoms with Crippen LogP contribution in [0.4, 0.5) is 5.69 Å². The molecule has 0 saturated carbocycles. The minimum absolute atomic E-state index is 0.0958. The van der Waals surface area contributed by atoms with Crippen LogP contribution in [0.3, 0.4) is 0 Å². The van der Waals surface area contributed by atoms with E-state index in [0.29, 0.717) is 22.7 Å². The average Bonchev–Trinajstić information content (AvgIpc) is 2.65. The van der Waals surface area contributed by atoms with Gasteiger partial charge in [-0.1, -0.05) is 11.6 Å². The number of carbonyl (C=O) groups is 1. The van der Waals surface area contributed by atoms with Gasteiger partial charge >= 0.3 is 0 Å². The molecule has 0 aliphatic heterocycles. The molecule has 146 valence electrons. The molecule has 28 heavy (non-hydrogen) atoms. The second kappa shape index (κ2) is 8.75. The maximum absolute atomic E-state index is 12.4. The summed E-state index contributed by atoms with van der Waals surface area (Å²) in [7, 11) is -0.963. The Morgan fingerprint density at radius 1 is 1.21 bits per heavy atom. The fourth-order valence-electron chi connectivity index (χ4n) is 2.26. The molecule has 10 heteroatoms. The van der Waals surface area contributed by atoms with Gasteiger partial charge in [0.1, 0.15) is 11.6 Å². The van der Waals surface area contributed by atoms with Crippen molar-refractivity contribution in [2.24, 2.45) is 5.14 Å². The van der Waals surface area contributed by atoms with E-state index in [9.17, 15) is 18.5 Å². The van der Waals surface area contributed by atoms with Crippen LogP contribution < -0.4 is 19.9 Å². The van der Waals surface area contributed by atoms with Gasteiger partial charge in [-0.3, -0.25) is 4.79 Å². The molecule has 0 saturated heterocycles. The van der Waals surface area contributed by atoms with E-state index in [1.54, 1.807) is 6.07 Å². The standard InChI is InChI=1S/C18H16ClN3O5S/c1-26-16-9-11(8-15(19)17(16)27-2)7-12(10-20)18(23)22-13-3-5-14(6-4-13)28(21,24)25/h3-9H,1-2H3,(H,22,23)(H2,21,24,25). The smallest absolute Gasteiger partial charge is 0.266 e. The Morgan fingerprint density at radius 3 is 2.36 bits per heavy atom. The number of nitrogens with zero attached hydrogens (tertiary/aromatic N) is 1. The van der Waals surface area contributed by atoms with E-state index in [0.717, 1.165) is 0 Å². The first-order valence-corrected chi connectivity index (χ1v) is 9.59. The highest BCUT2D eigenvalue weighted by atomic mass is 35.5. The third kappa shape index (κ3) is 5.01. The number of hydrogen-bond donors (Lipinski definition) is 2. The molecule has 3 N–H and O–H groups in total. The predicted octanol–water partition coefficient (Wildman–Crippen LogP) is 2.55. The Balaban J connectivity index is 2.29. The minimum Gasteiger partial charge on any atom is -0.493 e. The van der Waals surface area contributed by atoms with Crippen molar-refractivity contribution < 1.29 is 22.7 Å². The van der Waals surface area contributed by atoms with Gasteiger partial charge in [-0.15, -0.1) is 0 Å². The summed E-state index contributed by atoms with van der Waals surface area (Å²) in [4.78, 5) is 12.3. The van der Waals surface area contributed by atoms with E-state index < -0.39 is 15.9 Å². The molecule has 2 aromatic rings. The number of benzene rings is 2. The van der Waals surface area contributed by atoms with Gasteiger partial charge in [0.15, 0.2) is 11.5 Å². The highest BCUT2D eigenvalue weighted by molar-refractivity contribution is 7.89. The van der Waals surface area contributed by atoms with Gasteiger partial charge in [0.25, 0.3) is 5.91 Å². The molecule has 0 aliphatic carbocycles. The largest absolute Gasteiger partial charge is 0.493 e. The lowest BCUT2D eigenvalue weighted by atomic mass is 10.1. The summed E-state index contributed by atoms with van der Waals surface area (Å²) in [6.07, 6.45) is 1.34. The number of anilines is 1. The Labute approximate surface area is 167 Å². The summed E-state index contributed by atoms with van der Waals surface area (Å²) in [6, 6.07) is 10.1. The summed E-state index contributed by atoms with van der Waals surface area (Å²) >= 11 is 6.12. The molecule has 0 spiro atoms. The van der Waals surface area contributed by atoms with Crippen molar-refractivity contribution in [3.05, 3.63) is 52.6 Å². The molecule has 0 radical (unpaired) electrons. The molecule has 0 heterocycles. The van der Waals surface area contributed by atoms with Gasteiger partial charge < -0.3 is 14.8 Å². The highest BCUT2D eigenvalue weighted by Crippen LogP contribution is 2.36. The van der Waals surface area contributed by atoms with Crippen LogP contribution in [0, 0.1) is 11.3 Å². The van der Waals surface area contributed by atoms with Crippen molar-refractivity contribution in [3.63, 3.8) is 0 Å². The van der Waals surface area contributed by atoms with Crippen LogP contribution in [0.25, 0.3) is 6.08 Å². The van der Waals surface area contributed by atoms with E-state index in [-0.39, 0.29) is 15.5 Å². The van der Waals surface area contributed by atoms with Crippen LogP contribution in [0.15, 0.2) is 46.9 Å². The van der Waals surface area contributed by atoms with Crippen LogP contribution in [0.1, 0.15) is 5.56 Å². The number of primary sulfonamides is 1. The zero-order valence-electron chi connectivity index (χ0n) is 14.9. The summed E-state index contributed by atoms with van der Waals surface area (Å²) < 4.78 is 32.8. The zero-order chi connectivity index (χ0) is 20.9. The SMILES string of the molecule is COc1cc(C=C(C#N)C(=O)Nc2ccc(S(N)(=O)=O)cc2)cc(Cl)c1OC. The monoisotopic (exact) mass is 421 g/mol. The van der Waals surface area contributed by atoms with Crippen molar-refractivity contribution in [3.8, 4) is 17.6 Å². The van der Waals surface area contributed by atoms with Gasteiger partial charge in [-0.05, 0) is 48.0 Å². The van der Waals surface area contributed by atoms with Gasteiger partial charge in [0.2, 0.25) is 10.0 Å². The van der Waals surface area contributed by atoms with Crippen molar-refractivity contribution in [2.75, 3.05) is 19.5 Å². The lowest BCUT2D eigenvalue weighted by Gasteiger charge is -2.10. The topological polar surface area (TPSA) is 132 Å². The number of nitrogens with one attached hydrogen (secondary N) is 1. The second-order valence-electron chi connectivity index (χ2n) is 5.43. The number of methoxy groups -OCH3 is 2. The Morgan fingerprint density at radius 2 is 1.86 bits per heavy atom. The summed E-state index contributed by atoms with van der Waals surface area (Å²) in [5.74, 6) is -0.00600. The summed E-state index contributed by atoms with van der Waals surface area (Å²) in [5, 5.41) is 17.1. The molecule has 8 nitrogen and oxygen atoms in total. The quantitative estimate of drug-likeness (QED) is 0.544. The number of amides is 1. The highest BCUT2D eigenvalue weighted by Gasteiger charge is 2.14. The maximum atomic E-state index is 12.4. The normalized spacial score (nSPS) is 11.5.